The van der Waals surface area contributed by atoms with Gasteiger partial charge in [-0.05, 0) is 35.4 Å². The van der Waals surface area contributed by atoms with Gasteiger partial charge in [0.25, 0.3) is 0 Å². The number of Topliss-reactive ketones (excluding diaryl/α,β-unsaturated/α-hetero) is 1. The molecule has 1 saturated heterocycles. The summed E-state index contributed by atoms with van der Waals surface area (Å²) in [6, 6.07) is 23.0. The van der Waals surface area contributed by atoms with Crippen molar-refractivity contribution in [2.75, 3.05) is 13.7 Å². The minimum Gasteiger partial charge on any atom is -0.492 e. The van der Waals surface area contributed by atoms with Crippen molar-refractivity contribution in [2.45, 2.75) is 18.0 Å². The molecule has 2 heterocycles. The van der Waals surface area contributed by atoms with Gasteiger partial charge in [-0.3, -0.25) is 14.9 Å². The molecule has 3 aromatic rings. The molecule has 0 unspecified atom stereocenters. The van der Waals surface area contributed by atoms with Crippen molar-refractivity contribution in [1.29, 1.82) is 0 Å². The molecule has 1 fully saturated rings. The zero-order chi connectivity index (χ0) is 22.3. The monoisotopic (exact) mass is 447 g/mol. The Labute approximate surface area is 191 Å². The van der Waals surface area contributed by atoms with Crippen LogP contribution in [0.1, 0.15) is 33.4 Å². The topological polar surface area (TPSA) is 64.6 Å². The molecule has 0 amide bonds. The zero-order valence-corrected chi connectivity index (χ0v) is 18.2. The first-order chi connectivity index (χ1) is 15.6. The Bertz CT molecular complexity index is 1160. The second kappa shape index (κ2) is 8.08. The summed E-state index contributed by atoms with van der Waals surface area (Å²) in [6.45, 7) is 0.135. The van der Waals surface area contributed by atoms with Gasteiger partial charge in [0.15, 0.2) is 5.78 Å². The van der Waals surface area contributed by atoms with E-state index in [9.17, 15) is 9.59 Å². The lowest BCUT2D eigenvalue weighted by Crippen LogP contribution is -2.48. The van der Waals surface area contributed by atoms with E-state index in [-0.39, 0.29) is 12.4 Å². The van der Waals surface area contributed by atoms with Crippen LogP contribution in [0.15, 0.2) is 78.9 Å². The molecule has 2 aliphatic rings. The molecule has 0 aliphatic carbocycles. The molecule has 0 aromatic heterocycles. The third kappa shape index (κ3) is 3.12. The number of rotatable bonds is 3. The molecular weight excluding hydrogens is 426 g/mol. The maximum Gasteiger partial charge on any atom is 0.323 e. The molecule has 0 saturated carbocycles. The molecule has 5 nitrogen and oxygen atoms in total. The number of ketones is 1. The van der Waals surface area contributed by atoms with Gasteiger partial charge < -0.3 is 9.47 Å². The Hall–Kier alpha value is -3.15. The van der Waals surface area contributed by atoms with Crippen LogP contribution in [0.3, 0.4) is 0 Å². The van der Waals surface area contributed by atoms with Gasteiger partial charge in [0, 0.05) is 17.0 Å². The van der Waals surface area contributed by atoms with E-state index in [0.717, 1.165) is 11.1 Å². The van der Waals surface area contributed by atoms with E-state index in [4.69, 9.17) is 21.1 Å². The van der Waals surface area contributed by atoms with Crippen molar-refractivity contribution in [1.82, 2.24) is 5.32 Å². The van der Waals surface area contributed by atoms with Gasteiger partial charge in [-0.1, -0.05) is 66.2 Å². The van der Waals surface area contributed by atoms with Gasteiger partial charge in [-0.2, -0.15) is 0 Å². The van der Waals surface area contributed by atoms with Crippen molar-refractivity contribution in [3.8, 4) is 5.75 Å². The van der Waals surface area contributed by atoms with Crippen molar-refractivity contribution >= 4 is 23.4 Å². The summed E-state index contributed by atoms with van der Waals surface area (Å²) in [5.74, 6) is -0.391. The summed E-state index contributed by atoms with van der Waals surface area (Å²) < 4.78 is 11.3. The average Bonchev–Trinajstić information content (AvgIpc) is 3.18. The molecule has 5 rings (SSSR count). The van der Waals surface area contributed by atoms with Crippen LogP contribution in [-0.2, 0) is 9.53 Å². The summed E-state index contributed by atoms with van der Waals surface area (Å²) in [5.41, 5.74) is 1.20. The zero-order valence-electron chi connectivity index (χ0n) is 17.5. The number of benzene rings is 3. The number of methoxy groups -OCH3 is 1. The molecule has 0 bridgehead atoms. The first-order valence-electron chi connectivity index (χ1n) is 10.5. The van der Waals surface area contributed by atoms with Crippen molar-refractivity contribution in [3.63, 3.8) is 0 Å². The van der Waals surface area contributed by atoms with Crippen molar-refractivity contribution in [2.24, 2.45) is 5.41 Å². The number of nitrogens with one attached hydrogen (secondary N) is 1. The highest BCUT2D eigenvalue weighted by Gasteiger charge is 2.64. The van der Waals surface area contributed by atoms with Crippen molar-refractivity contribution < 1.29 is 19.1 Å². The summed E-state index contributed by atoms with van der Waals surface area (Å²) in [7, 11) is 1.36. The lowest BCUT2D eigenvalue weighted by Gasteiger charge is -2.41. The van der Waals surface area contributed by atoms with E-state index in [1.807, 2.05) is 54.6 Å². The Morgan fingerprint density at radius 3 is 2.41 bits per heavy atom. The smallest absolute Gasteiger partial charge is 0.323 e. The van der Waals surface area contributed by atoms with Crippen LogP contribution in [0.25, 0.3) is 0 Å². The third-order valence-electron chi connectivity index (χ3n) is 6.59. The van der Waals surface area contributed by atoms with Gasteiger partial charge in [0.2, 0.25) is 0 Å². The van der Waals surface area contributed by atoms with E-state index in [2.05, 4.69) is 5.32 Å². The highest BCUT2D eigenvalue weighted by atomic mass is 35.5. The Balaban J connectivity index is 1.75. The van der Waals surface area contributed by atoms with Crippen LogP contribution in [-0.4, -0.2) is 31.5 Å². The summed E-state index contributed by atoms with van der Waals surface area (Å²) in [4.78, 5) is 27.2. The van der Waals surface area contributed by atoms with Crippen LogP contribution < -0.4 is 10.1 Å². The standard InChI is InChI=1S/C26H22ClNO4/c1-31-25(30)22-21(16-7-3-2-4-8-16)26(23(28-22)17-11-13-18(27)14-12-17)15-32-20-10-6-5-9-19(20)24(26)29/h2-14,21-23,28H,15H2,1H3/t21-,22+,23+,26+/m1/s1. The fraction of sp³-hybridized carbons (Fsp3) is 0.231. The molecule has 162 valence electrons. The summed E-state index contributed by atoms with van der Waals surface area (Å²) in [6.07, 6.45) is 0. The van der Waals surface area contributed by atoms with E-state index in [1.54, 1.807) is 24.3 Å². The van der Waals surface area contributed by atoms with Crippen LogP contribution in [0, 0.1) is 5.41 Å². The van der Waals surface area contributed by atoms with E-state index in [0.29, 0.717) is 16.3 Å². The molecule has 1 spiro atoms. The molecule has 0 radical (unpaired) electrons. The van der Waals surface area contributed by atoms with Gasteiger partial charge in [-0.15, -0.1) is 0 Å². The van der Waals surface area contributed by atoms with Gasteiger partial charge in [-0.25, -0.2) is 0 Å². The molecule has 32 heavy (non-hydrogen) atoms. The van der Waals surface area contributed by atoms with Gasteiger partial charge in [0.1, 0.15) is 18.4 Å². The van der Waals surface area contributed by atoms with Gasteiger partial charge >= 0.3 is 5.97 Å². The van der Waals surface area contributed by atoms with Crippen LogP contribution in [0.4, 0.5) is 0 Å². The molecule has 6 heteroatoms. The first kappa shape index (κ1) is 20.7. The number of hydrogen-bond acceptors (Lipinski definition) is 5. The second-order valence-corrected chi connectivity index (χ2v) is 8.63. The normalized spacial score (nSPS) is 26.4. The Kier molecular flexibility index (Phi) is 5.24. The number of fused-ring (bicyclic) bond motifs is 1. The average molecular weight is 448 g/mol. The number of carbonyl (C=O) groups excluding carboxylic acids is 2. The summed E-state index contributed by atoms with van der Waals surface area (Å²) in [5, 5.41) is 4.03. The predicted octanol–water partition coefficient (Wildman–Crippen LogP) is 4.57. The lowest BCUT2D eigenvalue weighted by molar-refractivity contribution is -0.143. The predicted molar refractivity (Wildman–Crippen MR) is 121 cm³/mol. The number of halogens is 1. The quantitative estimate of drug-likeness (QED) is 0.596. The first-order valence-corrected chi connectivity index (χ1v) is 10.8. The molecular formula is C26H22ClNO4. The molecule has 4 atom stereocenters. The van der Waals surface area contributed by atoms with Crippen LogP contribution in [0.5, 0.6) is 5.75 Å². The molecule has 2 aliphatic heterocycles. The largest absolute Gasteiger partial charge is 0.492 e. The minimum absolute atomic E-state index is 0.0490. The number of ether oxygens (including phenoxy) is 2. The number of esters is 1. The number of hydrogen-bond donors (Lipinski definition) is 1. The highest BCUT2D eigenvalue weighted by molar-refractivity contribution is 6.30. The number of carbonyl (C=O) groups is 2. The van der Waals surface area contributed by atoms with E-state index >= 15 is 0 Å². The third-order valence-corrected chi connectivity index (χ3v) is 6.84. The second-order valence-electron chi connectivity index (χ2n) is 8.19. The Morgan fingerprint density at radius 2 is 1.69 bits per heavy atom. The highest BCUT2D eigenvalue weighted by Crippen LogP contribution is 2.57. The maximum absolute atomic E-state index is 14.2. The van der Waals surface area contributed by atoms with Crippen molar-refractivity contribution in [3.05, 3.63) is 101 Å². The SMILES string of the molecule is COC(=O)[C@H]1N[C@@H](c2ccc(Cl)cc2)[C@]2(COc3ccccc3C2=O)[C@@H]1c1ccccc1. The van der Waals surface area contributed by atoms with Crippen LogP contribution in [0.2, 0.25) is 5.02 Å². The van der Waals surface area contributed by atoms with Gasteiger partial charge in [0.05, 0.1) is 18.1 Å². The van der Waals surface area contributed by atoms with Crippen LogP contribution >= 0.6 is 11.6 Å². The fourth-order valence-corrected chi connectivity index (χ4v) is 5.30. The lowest BCUT2D eigenvalue weighted by atomic mass is 9.62. The summed E-state index contributed by atoms with van der Waals surface area (Å²) >= 11 is 6.13. The van der Waals surface area contributed by atoms with E-state index < -0.39 is 29.4 Å². The molecule has 1 N–H and O–H groups in total. The maximum atomic E-state index is 14.2. The fourth-order valence-electron chi connectivity index (χ4n) is 5.17. The minimum atomic E-state index is -1.05. The molecule has 3 aromatic carbocycles. The number of para-hydroxylation sites is 1. The van der Waals surface area contributed by atoms with E-state index in [1.165, 1.54) is 7.11 Å². The Morgan fingerprint density at radius 1 is 1.00 bits per heavy atom.